The molecule has 0 aliphatic carbocycles. The number of carbonyl (C=O) groups is 1. The van der Waals surface area contributed by atoms with Crippen molar-refractivity contribution < 1.29 is 23.1 Å². The molecule has 1 atom stereocenters. The Hall–Kier alpha value is -1.60. The molecule has 0 spiro atoms. The van der Waals surface area contributed by atoms with Gasteiger partial charge in [-0.25, -0.2) is 0 Å². The maximum absolute atomic E-state index is 12.6. The van der Waals surface area contributed by atoms with Gasteiger partial charge < -0.3 is 10.4 Å². The smallest absolute Gasteiger partial charge is 0.387 e. The molecule has 1 aliphatic heterocycles. The summed E-state index contributed by atoms with van der Waals surface area (Å²) in [6.45, 7) is 2.55. The van der Waals surface area contributed by atoms with Crippen molar-refractivity contribution in [3.8, 4) is 0 Å². The molecule has 24 heavy (non-hydrogen) atoms. The highest BCUT2D eigenvalue weighted by Gasteiger charge is 2.41. The molecule has 1 aromatic rings. The number of aliphatic hydroxyl groups excluding tert-OH is 1. The fourth-order valence-electron chi connectivity index (χ4n) is 2.96. The first-order chi connectivity index (χ1) is 11.3. The normalized spacial score (nSPS) is 18.4. The molecule has 0 saturated carbocycles. The van der Waals surface area contributed by atoms with Crippen LogP contribution in [0.2, 0.25) is 0 Å². The summed E-state index contributed by atoms with van der Waals surface area (Å²) < 4.78 is 37.8. The van der Waals surface area contributed by atoms with Crippen molar-refractivity contribution in [2.75, 3.05) is 26.2 Å². The van der Waals surface area contributed by atoms with E-state index in [2.05, 4.69) is 5.32 Å². The standard InChI is InChI=1S/C17H23F3N2O2/c1-12-4-2-3-5-14(12)15(23)10-21-16(24)11-22-8-6-13(7-9-22)17(18,19)20/h2-5,13,15,23H,6-11H2,1H3,(H,21,24)/t15-/m1/s1. The molecule has 1 amide bonds. The number of halogens is 3. The number of hydrogen-bond acceptors (Lipinski definition) is 3. The molecule has 2 rings (SSSR count). The van der Waals surface area contributed by atoms with Crippen LogP contribution in [0.15, 0.2) is 24.3 Å². The van der Waals surface area contributed by atoms with Gasteiger partial charge in [0, 0.05) is 6.54 Å². The van der Waals surface area contributed by atoms with Crippen LogP contribution in [0.5, 0.6) is 0 Å². The number of benzene rings is 1. The number of aliphatic hydroxyl groups is 1. The number of carbonyl (C=O) groups excluding carboxylic acids is 1. The minimum atomic E-state index is -4.15. The van der Waals surface area contributed by atoms with E-state index in [-0.39, 0.29) is 44.9 Å². The Morgan fingerprint density at radius 3 is 2.54 bits per heavy atom. The van der Waals surface area contributed by atoms with Crippen molar-refractivity contribution in [2.45, 2.75) is 32.0 Å². The van der Waals surface area contributed by atoms with Gasteiger partial charge >= 0.3 is 6.18 Å². The highest BCUT2D eigenvalue weighted by molar-refractivity contribution is 5.78. The van der Waals surface area contributed by atoms with Crippen molar-refractivity contribution in [2.24, 2.45) is 5.92 Å². The lowest BCUT2D eigenvalue weighted by Crippen LogP contribution is -2.44. The van der Waals surface area contributed by atoms with E-state index in [1.807, 2.05) is 25.1 Å². The van der Waals surface area contributed by atoms with E-state index in [1.165, 1.54) is 0 Å². The van der Waals surface area contributed by atoms with E-state index < -0.39 is 18.2 Å². The molecular formula is C17H23F3N2O2. The van der Waals surface area contributed by atoms with Gasteiger partial charge in [0.05, 0.1) is 18.6 Å². The molecule has 1 fully saturated rings. The van der Waals surface area contributed by atoms with Gasteiger partial charge in [0.2, 0.25) is 5.91 Å². The number of rotatable bonds is 5. The topological polar surface area (TPSA) is 52.6 Å². The summed E-state index contributed by atoms with van der Waals surface area (Å²) in [5.41, 5.74) is 1.69. The minimum Gasteiger partial charge on any atom is -0.387 e. The van der Waals surface area contributed by atoms with Crippen molar-refractivity contribution >= 4 is 5.91 Å². The Balaban J connectivity index is 1.74. The second kappa shape index (κ2) is 7.98. The number of nitrogens with zero attached hydrogens (tertiary/aromatic N) is 1. The minimum absolute atomic E-state index is 0.0304. The average Bonchev–Trinajstić information content (AvgIpc) is 2.53. The second-order valence-corrected chi connectivity index (χ2v) is 6.27. The maximum Gasteiger partial charge on any atom is 0.391 e. The van der Waals surface area contributed by atoms with Crippen molar-refractivity contribution in [3.05, 3.63) is 35.4 Å². The van der Waals surface area contributed by atoms with Gasteiger partial charge in [-0.2, -0.15) is 13.2 Å². The summed E-state index contributed by atoms with van der Waals surface area (Å²) in [5, 5.41) is 12.8. The predicted molar refractivity (Wildman–Crippen MR) is 84.4 cm³/mol. The quantitative estimate of drug-likeness (QED) is 0.863. The van der Waals surface area contributed by atoms with Gasteiger partial charge in [-0.05, 0) is 44.0 Å². The largest absolute Gasteiger partial charge is 0.391 e. The number of likely N-dealkylation sites (tertiary alicyclic amines) is 1. The van der Waals surface area contributed by atoms with Gasteiger partial charge in [0.1, 0.15) is 0 Å². The molecule has 1 heterocycles. The summed E-state index contributed by atoms with van der Waals surface area (Å²) in [6.07, 6.45) is -4.89. The van der Waals surface area contributed by atoms with Gasteiger partial charge in [0.15, 0.2) is 0 Å². The molecule has 1 aromatic carbocycles. The molecule has 7 heteroatoms. The van der Waals surface area contributed by atoms with Crippen molar-refractivity contribution in [1.82, 2.24) is 10.2 Å². The Morgan fingerprint density at radius 2 is 1.96 bits per heavy atom. The van der Waals surface area contributed by atoms with Crippen LogP contribution >= 0.6 is 0 Å². The number of piperidine rings is 1. The van der Waals surface area contributed by atoms with Crippen molar-refractivity contribution in [1.29, 1.82) is 0 Å². The molecule has 0 bridgehead atoms. The fraction of sp³-hybridized carbons (Fsp3) is 0.588. The predicted octanol–water partition coefficient (Wildman–Crippen LogP) is 2.42. The SMILES string of the molecule is Cc1ccccc1[C@H](O)CNC(=O)CN1CCC(C(F)(F)F)CC1. The van der Waals surface area contributed by atoms with Crippen LogP contribution in [-0.4, -0.2) is 48.3 Å². The molecule has 0 radical (unpaired) electrons. The molecule has 134 valence electrons. The summed E-state index contributed by atoms with van der Waals surface area (Å²) in [5.74, 6) is -1.55. The van der Waals surface area contributed by atoms with Gasteiger partial charge in [-0.1, -0.05) is 24.3 Å². The monoisotopic (exact) mass is 344 g/mol. The molecule has 0 aromatic heterocycles. The van der Waals surface area contributed by atoms with E-state index in [9.17, 15) is 23.1 Å². The first kappa shape index (κ1) is 18.7. The summed E-state index contributed by atoms with van der Waals surface area (Å²) in [4.78, 5) is 13.6. The molecule has 1 saturated heterocycles. The average molecular weight is 344 g/mol. The third kappa shape index (κ3) is 5.21. The van der Waals surface area contributed by atoms with Crippen LogP contribution in [0.25, 0.3) is 0 Å². The third-order valence-corrected chi connectivity index (χ3v) is 4.46. The summed E-state index contributed by atoms with van der Waals surface area (Å²) in [7, 11) is 0. The number of hydrogen-bond donors (Lipinski definition) is 2. The van der Waals surface area contributed by atoms with Crippen molar-refractivity contribution in [3.63, 3.8) is 0 Å². The van der Waals surface area contributed by atoms with Crippen LogP contribution in [0.1, 0.15) is 30.1 Å². The lowest BCUT2D eigenvalue weighted by Gasteiger charge is -2.32. The highest BCUT2D eigenvalue weighted by atomic mass is 19.4. The first-order valence-electron chi connectivity index (χ1n) is 8.06. The van der Waals surface area contributed by atoms with E-state index in [1.54, 1.807) is 11.0 Å². The number of aryl methyl sites for hydroxylation is 1. The number of amides is 1. The lowest BCUT2D eigenvalue weighted by atomic mass is 9.96. The number of alkyl halides is 3. The summed E-state index contributed by atoms with van der Waals surface area (Å²) >= 11 is 0. The van der Waals surface area contributed by atoms with E-state index in [4.69, 9.17) is 0 Å². The third-order valence-electron chi connectivity index (χ3n) is 4.46. The zero-order chi connectivity index (χ0) is 17.7. The molecule has 4 nitrogen and oxygen atoms in total. The van der Waals surface area contributed by atoms with Crippen LogP contribution in [0.3, 0.4) is 0 Å². The van der Waals surface area contributed by atoms with Crippen LogP contribution in [0, 0.1) is 12.8 Å². The number of nitrogens with one attached hydrogen (secondary N) is 1. The molecule has 0 unspecified atom stereocenters. The zero-order valence-electron chi connectivity index (χ0n) is 13.6. The summed E-state index contributed by atoms with van der Waals surface area (Å²) in [6, 6.07) is 7.37. The Morgan fingerprint density at radius 1 is 1.33 bits per heavy atom. The van der Waals surface area contributed by atoms with Gasteiger partial charge in [-0.15, -0.1) is 0 Å². The molecule has 1 aliphatic rings. The Bertz CT molecular complexity index is 555. The molecule has 2 N–H and O–H groups in total. The van der Waals surface area contributed by atoms with Crippen LogP contribution in [0.4, 0.5) is 13.2 Å². The second-order valence-electron chi connectivity index (χ2n) is 6.27. The molecular weight excluding hydrogens is 321 g/mol. The van der Waals surface area contributed by atoms with E-state index in [0.717, 1.165) is 11.1 Å². The highest BCUT2D eigenvalue weighted by Crippen LogP contribution is 2.33. The fourth-order valence-corrected chi connectivity index (χ4v) is 2.96. The first-order valence-corrected chi connectivity index (χ1v) is 8.06. The Kier molecular flexibility index (Phi) is 6.23. The van der Waals surface area contributed by atoms with Gasteiger partial charge in [0.25, 0.3) is 0 Å². The van der Waals surface area contributed by atoms with Crippen LogP contribution < -0.4 is 5.32 Å². The van der Waals surface area contributed by atoms with Gasteiger partial charge in [-0.3, -0.25) is 9.69 Å². The lowest BCUT2D eigenvalue weighted by molar-refractivity contribution is -0.185. The Labute approximate surface area is 139 Å². The maximum atomic E-state index is 12.6. The van der Waals surface area contributed by atoms with E-state index >= 15 is 0 Å². The van der Waals surface area contributed by atoms with Crippen LogP contribution in [-0.2, 0) is 4.79 Å². The zero-order valence-corrected chi connectivity index (χ0v) is 13.6. The van der Waals surface area contributed by atoms with E-state index in [0.29, 0.717) is 0 Å².